The molecule has 0 aromatic heterocycles. The molecule has 0 aliphatic rings. The van der Waals surface area contributed by atoms with Crippen molar-refractivity contribution in [1.29, 1.82) is 5.26 Å². The van der Waals surface area contributed by atoms with Gasteiger partial charge in [0.1, 0.15) is 0 Å². The van der Waals surface area contributed by atoms with Gasteiger partial charge >= 0.3 is 5.97 Å². The van der Waals surface area contributed by atoms with E-state index in [-0.39, 0.29) is 25.2 Å². The molecule has 0 amide bonds. The molecule has 0 aliphatic carbocycles. The van der Waals surface area contributed by atoms with Gasteiger partial charge in [0, 0.05) is 23.8 Å². The minimum Gasteiger partial charge on any atom is -0.493 e. The molecule has 4 unspecified atom stereocenters. The molecule has 4 atom stereocenters. The summed E-state index contributed by atoms with van der Waals surface area (Å²) >= 11 is 0. The molecule has 0 N–H and O–H groups in total. The lowest BCUT2D eigenvalue weighted by Crippen LogP contribution is -2.41. The summed E-state index contributed by atoms with van der Waals surface area (Å²) in [6.07, 6.45) is 5.10. The van der Waals surface area contributed by atoms with Crippen LogP contribution in [0.2, 0.25) is 0 Å². The summed E-state index contributed by atoms with van der Waals surface area (Å²) in [6.45, 7) is 10.2. The Bertz CT molecular complexity index is 1440. The monoisotopic (exact) mass is 714 g/mol. The summed E-state index contributed by atoms with van der Waals surface area (Å²) in [6, 6.07) is 8.15. The highest BCUT2D eigenvalue weighted by molar-refractivity contribution is 5.67. The quantitative estimate of drug-likeness (QED) is 0.0423. The molecule has 2 aromatic carbocycles. The summed E-state index contributed by atoms with van der Waals surface area (Å²) in [4.78, 5) is 24.7. The van der Waals surface area contributed by atoms with Crippen LogP contribution in [0.15, 0.2) is 24.3 Å². The zero-order chi connectivity index (χ0) is 38.0. The second kappa shape index (κ2) is 21.7. The number of ether oxygens (including phenoxy) is 7. The van der Waals surface area contributed by atoms with Gasteiger partial charge in [0.2, 0.25) is 11.5 Å². The Hall–Kier alpha value is -4.40. The van der Waals surface area contributed by atoms with Crippen molar-refractivity contribution in [2.24, 2.45) is 5.92 Å². The molecular weight excluding hydrogens is 656 g/mol. The van der Waals surface area contributed by atoms with E-state index in [1.54, 1.807) is 24.3 Å². The first-order valence-electron chi connectivity index (χ1n) is 18.0. The highest BCUT2D eigenvalue weighted by atomic mass is 16.6. The van der Waals surface area contributed by atoms with E-state index in [9.17, 15) is 20.2 Å². The molecule has 0 saturated heterocycles. The highest BCUT2D eigenvalue weighted by Gasteiger charge is 2.45. The van der Waals surface area contributed by atoms with Crippen LogP contribution in [0.4, 0.5) is 0 Å². The molecule has 284 valence electrons. The summed E-state index contributed by atoms with van der Waals surface area (Å²) in [5, 5.41) is 23.8. The van der Waals surface area contributed by atoms with Crippen molar-refractivity contribution in [3.8, 4) is 40.6 Å². The molecule has 12 heteroatoms. The number of carbonyl (C=O) groups is 1. The Morgan fingerprint density at radius 2 is 1.49 bits per heavy atom. The van der Waals surface area contributed by atoms with E-state index in [1.165, 1.54) is 35.4 Å². The fourth-order valence-corrected chi connectivity index (χ4v) is 6.35. The third kappa shape index (κ3) is 11.3. The first kappa shape index (κ1) is 42.8. The van der Waals surface area contributed by atoms with Crippen molar-refractivity contribution in [2.45, 2.75) is 116 Å². The molecule has 2 aromatic rings. The van der Waals surface area contributed by atoms with Crippen LogP contribution in [-0.4, -0.2) is 64.7 Å². The van der Waals surface area contributed by atoms with Gasteiger partial charge in [0.25, 0.3) is 6.04 Å². The Morgan fingerprint density at radius 3 is 2.00 bits per heavy atom. The number of methoxy groups -OCH3 is 4. The SMILES string of the molecule is CCCCCOc1cc(C(C#N)(CCC(OC(C)=O)C(Cc2ccc(OC)c(OC)c2)[N+](=O)[O-])C(C)CC)c(OCCCCC)c(OC)c1OC. The van der Waals surface area contributed by atoms with Gasteiger partial charge in [0.05, 0.1) is 53.1 Å². The summed E-state index contributed by atoms with van der Waals surface area (Å²) in [5.41, 5.74) is -0.107. The standard InChI is InChI=1S/C39H58N2O10/c1-10-13-15-21-49-35-25-30(36(50-22-16-14-11-2)38(48-9)37(35)47-8)39(26-40,27(4)12-3)20-19-32(51-28(5)42)31(41(43)44)23-29-17-18-33(45-6)34(24-29)46-7/h17-18,24-25,27,31-32H,10-16,19-23H2,1-9H3. The van der Waals surface area contributed by atoms with Crippen molar-refractivity contribution in [1.82, 2.24) is 0 Å². The Labute approximate surface area is 303 Å². The van der Waals surface area contributed by atoms with Crippen molar-refractivity contribution in [2.75, 3.05) is 41.7 Å². The predicted molar refractivity (Wildman–Crippen MR) is 195 cm³/mol. The van der Waals surface area contributed by atoms with E-state index in [1.807, 2.05) is 13.8 Å². The van der Waals surface area contributed by atoms with Crippen molar-refractivity contribution < 1.29 is 42.9 Å². The van der Waals surface area contributed by atoms with Gasteiger partial charge in [-0.2, -0.15) is 5.26 Å². The number of rotatable bonds is 25. The van der Waals surface area contributed by atoms with Gasteiger partial charge in [-0.1, -0.05) is 65.9 Å². The first-order valence-corrected chi connectivity index (χ1v) is 18.0. The Balaban J connectivity index is 2.75. The number of nitrogens with zero attached hydrogens (tertiary/aromatic N) is 2. The van der Waals surface area contributed by atoms with Gasteiger partial charge in [-0.3, -0.25) is 14.9 Å². The maximum atomic E-state index is 12.7. The maximum Gasteiger partial charge on any atom is 0.303 e. The molecule has 51 heavy (non-hydrogen) atoms. The zero-order valence-corrected chi connectivity index (χ0v) is 32.0. The second-order valence-corrected chi connectivity index (χ2v) is 12.8. The van der Waals surface area contributed by atoms with E-state index >= 15 is 0 Å². The van der Waals surface area contributed by atoms with Gasteiger partial charge in [-0.15, -0.1) is 0 Å². The van der Waals surface area contributed by atoms with Crippen LogP contribution >= 0.6 is 0 Å². The number of hydrogen-bond donors (Lipinski definition) is 0. The fourth-order valence-electron chi connectivity index (χ4n) is 6.35. The number of esters is 1. The number of benzene rings is 2. The number of nitriles is 1. The first-order chi connectivity index (χ1) is 24.5. The van der Waals surface area contributed by atoms with E-state index in [0.717, 1.165) is 38.5 Å². The van der Waals surface area contributed by atoms with Gasteiger partial charge in [-0.25, -0.2) is 0 Å². The Morgan fingerprint density at radius 1 is 0.863 bits per heavy atom. The molecule has 2 rings (SSSR count). The number of unbranched alkanes of at least 4 members (excludes halogenated alkanes) is 4. The largest absolute Gasteiger partial charge is 0.493 e. The Kier molecular flexibility index (Phi) is 18.2. The average molecular weight is 715 g/mol. The fraction of sp³-hybridized carbons (Fsp3) is 0.641. The molecule has 0 spiro atoms. The van der Waals surface area contributed by atoms with Crippen LogP contribution in [0.3, 0.4) is 0 Å². The third-order valence-corrected chi connectivity index (χ3v) is 9.43. The van der Waals surface area contributed by atoms with Crippen LogP contribution < -0.4 is 28.4 Å². The van der Waals surface area contributed by atoms with Crippen LogP contribution in [0.25, 0.3) is 0 Å². The van der Waals surface area contributed by atoms with E-state index in [2.05, 4.69) is 19.9 Å². The molecule has 0 bridgehead atoms. The number of nitro groups is 1. The van der Waals surface area contributed by atoms with Gasteiger partial charge < -0.3 is 33.2 Å². The smallest absolute Gasteiger partial charge is 0.303 e. The van der Waals surface area contributed by atoms with Gasteiger partial charge in [-0.05, 0) is 55.4 Å². The van der Waals surface area contributed by atoms with Crippen LogP contribution in [0, 0.1) is 27.4 Å². The normalized spacial score (nSPS) is 13.9. The predicted octanol–water partition coefficient (Wildman–Crippen LogP) is 8.27. The molecular formula is C39H58N2O10. The van der Waals surface area contributed by atoms with Crippen molar-refractivity contribution in [3.05, 3.63) is 45.5 Å². The molecule has 0 aliphatic heterocycles. The topological polar surface area (TPSA) is 149 Å². The lowest BCUT2D eigenvalue weighted by Gasteiger charge is -2.36. The average Bonchev–Trinajstić information content (AvgIpc) is 3.13. The summed E-state index contributed by atoms with van der Waals surface area (Å²) < 4.78 is 40.9. The number of hydrogen-bond acceptors (Lipinski definition) is 11. The summed E-state index contributed by atoms with van der Waals surface area (Å²) in [7, 11) is 6.05. The highest BCUT2D eigenvalue weighted by Crippen LogP contribution is 2.53. The van der Waals surface area contributed by atoms with E-state index in [0.29, 0.717) is 65.3 Å². The molecule has 12 nitrogen and oxygen atoms in total. The van der Waals surface area contributed by atoms with Crippen LogP contribution in [0.5, 0.6) is 34.5 Å². The lowest BCUT2D eigenvalue weighted by molar-refractivity contribution is -0.533. The zero-order valence-electron chi connectivity index (χ0n) is 32.0. The van der Waals surface area contributed by atoms with E-state index in [4.69, 9.17) is 33.2 Å². The molecule has 0 heterocycles. The minimum absolute atomic E-state index is 0.0206. The van der Waals surface area contributed by atoms with Crippen molar-refractivity contribution in [3.63, 3.8) is 0 Å². The van der Waals surface area contributed by atoms with Crippen LogP contribution in [-0.2, 0) is 21.4 Å². The minimum atomic E-state index is -1.31. The van der Waals surface area contributed by atoms with Gasteiger partial charge in [0.15, 0.2) is 29.1 Å². The molecule has 0 saturated carbocycles. The number of carbonyl (C=O) groups excluding carboxylic acids is 1. The maximum absolute atomic E-state index is 12.7. The van der Waals surface area contributed by atoms with Crippen LogP contribution in [0.1, 0.15) is 104 Å². The molecule has 0 fully saturated rings. The molecule has 0 radical (unpaired) electrons. The van der Waals surface area contributed by atoms with Crippen molar-refractivity contribution >= 4 is 5.97 Å². The summed E-state index contributed by atoms with van der Waals surface area (Å²) in [5.74, 6) is 1.45. The second-order valence-electron chi connectivity index (χ2n) is 12.8. The van der Waals surface area contributed by atoms with E-state index < -0.39 is 28.5 Å². The lowest BCUT2D eigenvalue weighted by atomic mass is 9.67. The third-order valence-electron chi connectivity index (χ3n) is 9.43.